The van der Waals surface area contributed by atoms with Crippen molar-refractivity contribution in [1.82, 2.24) is 4.98 Å². The van der Waals surface area contributed by atoms with Crippen LogP contribution in [-0.4, -0.2) is 23.2 Å². The molecule has 1 heterocycles. The molecule has 1 N–H and O–H groups in total. The van der Waals surface area contributed by atoms with Crippen LogP contribution in [0.15, 0.2) is 31.0 Å². The molecule has 1 aromatic carbocycles. The molecular formula is C13H11NO3S. The maximum absolute atomic E-state index is 11.4. The predicted molar refractivity (Wildman–Crippen MR) is 70.6 cm³/mol. The topological polar surface area (TPSA) is 59.4 Å². The number of rotatable bonds is 3. The first kappa shape index (κ1) is 12.3. The van der Waals surface area contributed by atoms with Crippen molar-refractivity contribution in [2.24, 2.45) is 0 Å². The summed E-state index contributed by atoms with van der Waals surface area (Å²) in [4.78, 5) is 16.6. The number of carbonyl (C=O) groups is 1. The maximum atomic E-state index is 11.4. The monoisotopic (exact) mass is 261 g/mol. The van der Waals surface area contributed by atoms with Crippen molar-refractivity contribution in [2.75, 3.05) is 7.11 Å². The zero-order chi connectivity index (χ0) is 13.1. The van der Waals surface area contributed by atoms with Crippen LogP contribution in [0.5, 0.6) is 5.75 Å². The number of nitrogens with zero attached hydrogens (tertiary/aromatic N) is 1. The van der Waals surface area contributed by atoms with E-state index in [4.69, 9.17) is 0 Å². The average Bonchev–Trinajstić information content (AvgIpc) is 2.85. The molecule has 5 heteroatoms. The van der Waals surface area contributed by atoms with Gasteiger partial charge in [-0.15, -0.1) is 11.3 Å². The van der Waals surface area contributed by atoms with Crippen molar-refractivity contribution >= 4 is 23.4 Å². The molecule has 0 fully saturated rings. The van der Waals surface area contributed by atoms with Gasteiger partial charge >= 0.3 is 5.97 Å². The number of phenols is 1. The molecule has 0 aliphatic carbocycles. The summed E-state index contributed by atoms with van der Waals surface area (Å²) in [7, 11) is 1.30. The summed E-state index contributed by atoms with van der Waals surface area (Å²) in [6.45, 7) is 3.66. The molecule has 0 radical (unpaired) electrons. The Morgan fingerprint density at radius 1 is 1.50 bits per heavy atom. The second-order valence-corrected chi connectivity index (χ2v) is 4.59. The van der Waals surface area contributed by atoms with E-state index in [-0.39, 0.29) is 5.75 Å². The van der Waals surface area contributed by atoms with E-state index in [2.05, 4.69) is 16.3 Å². The minimum Gasteiger partial charge on any atom is -0.508 e. The summed E-state index contributed by atoms with van der Waals surface area (Å²) >= 11 is 1.43. The van der Waals surface area contributed by atoms with E-state index in [1.807, 2.05) is 0 Å². The van der Waals surface area contributed by atoms with Gasteiger partial charge in [0, 0.05) is 16.6 Å². The van der Waals surface area contributed by atoms with Crippen molar-refractivity contribution in [3.63, 3.8) is 0 Å². The molecule has 0 aliphatic heterocycles. The van der Waals surface area contributed by atoms with Gasteiger partial charge in [0.2, 0.25) is 0 Å². The fraction of sp³-hybridized carbons (Fsp3) is 0.0769. The van der Waals surface area contributed by atoms with Crippen LogP contribution in [-0.2, 0) is 4.74 Å². The maximum Gasteiger partial charge on any atom is 0.338 e. The van der Waals surface area contributed by atoms with Crippen molar-refractivity contribution in [3.8, 4) is 16.3 Å². The molecule has 0 amide bonds. The van der Waals surface area contributed by atoms with Crippen LogP contribution in [0.2, 0.25) is 0 Å². The fourth-order valence-electron chi connectivity index (χ4n) is 1.48. The van der Waals surface area contributed by atoms with Crippen LogP contribution in [0, 0.1) is 0 Å². The van der Waals surface area contributed by atoms with Gasteiger partial charge in [-0.2, -0.15) is 0 Å². The molecular weight excluding hydrogens is 250 g/mol. The number of aromatic hydroxyl groups is 1. The van der Waals surface area contributed by atoms with Crippen molar-refractivity contribution in [1.29, 1.82) is 0 Å². The summed E-state index contributed by atoms with van der Waals surface area (Å²) in [6.07, 6.45) is 3.39. The lowest BCUT2D eigenvalue weighted by atomic mass is 10.1. The molecule has 0 spiro atoms. The Labute approximate surface area is 108 Å². The highest BCUT2D eigenvalue weighted by molar-refractivity contribution is 7.15. The summed E-state index contributed by atoms with van der Waals surface area (Å²) in [6, 6.07) is 4.55. The molecule has 0 aliphatic rings. The van der Waals surface area contributed by atoms with E-state index in [0.29, 0.717) is 16.1 Å². The molecule has 92 valence electrons. The molecule has 0 bridgehead atoms. The minimum absolute atomic E-state index is 0.00301. The van der Waals surface area contributed by atoms with Gasteiger partial charge in [0.05, 0.1) is 12.7 Å². The van der Waals surface area contributed by atoms with E-state index >= 15 is 0 Å². The average molecular weight is 261 g/mol. The quantitative estimate of drug-likeness (QED) is 0.863. The first-order valence-electron chi connectivity index (χ1n) is 5.15. The lowest BCUT2D eigenvalue weighted by Crippen LogP contribution is -2.00. The third kappa shape index (κ3) is 2.41. The number of aromatic nitrogens is 1. The third-order valence-electron chi connectivity index (χ3n) is 2.31. The number of ether oxygens (including phenoxy) is 1. The minimum atomic E-state index is -0.493. The second-order valence-electron chi connectivity index (χ2n) is 3.53. The van der Waals surface area contributed by atoms with E-state index in [9.17, 15) is 9.90 Å². The summed E-state index contributed by atoms with van der Waals surface area (Å²) in [5, 5.41) is 10.3. The highest BCUT2D eigenvalue weighted by Crippen LogP contribution is 2.29. The zero-order valence-corrected chi connectivity index (χ0v) is 10.5. The lowest BCUT2D eigenvalue weighted by molar-refractivity contribution is 0.0600. The SMILES string of the molecule is C=Cc1cnc(-c2cc(O)cc(C(=O)OC)c2)s1. The highest BCUT2D eigenvalue weighted by Gasteiger charge is 2.11. The molecule has 2 rings (SSSR count). The normalized spacial score (nSPS) is 10.1. The second kappa shape index (κ2) is 5.01. The number of phenolic OH excluding ortho intramolecular Hbond substituents is 1. The van der Waals surface area contributed by atoms with Crippen LogP contribution in [0.4, 0.5) is 0 Å². The third-order valence-corrected chi connectivity index (χ3v) is 3.35. The molecule has 2 aromatic rings. The van der Waals surface area contributed by atoms with E-state index in [1.165, 1.54) is 24.5 Å². The van der Waals surface area contributed by atoms with E-state index in [1.54, 1.807) is 24.4 Å². The number of thiazole rings is 1. The summed E-state index contributed by atoms with van der Waals surface area (Å²) in [5.74, 6) is -0.490. The Hall–Kier alpha value is -2.14. The largest absolute Gasteiger partial charge is 0.508 e. The van der Waals surface area contributed by atoms with Crippen LogP contribution in [0.25, 0.3) is 16.6 Å². The van der Waals surface area contributed by atoms with Crippen molar-refractivity contribution in [2.45, 2.75) is 0 Å². The summed E-state index contributed by atoms with van der Waals surface area (Å²) in [5.41, 5.74) is 0.969. The predicted octanol–water partition coefficient (Wildman–Crippen LogP) is 2.95. The highest BCUT2D eigenvalue weighted by atomic mass is 32.1. The van der Waals surface area contributed by atoms with Gasteiger partial charge < -0.3 is 9.84 Å². The van der Waals surface area contributed by atoms with Crippen LogP contribution in [0.3, 0.4) is 0 Å². The number of methoxy groups -OCH3 is 1. The van der Waals surface area contributed by atoms with Crippen LogP contribution >= 0.6 is 11.3 Å². The van der Waals surface area contributed by atoms with Crippen molar-refractivity contribution < 1.29 is 14.6 Å². The van der Waals surface area contributed by atoms with Gasteiger partial charge in [-0.05, 0) is 18.2 Å². The molecule has 0 unspecified atom stereocenters. The summed E-state index contributed by atoms with van der Waals surface area (Å²) < 4.78 is 4.63. The van der Waals surface area contributed by atoms with Crippen LogP contribution < -0.4 is 0 Å². The Bertz CT molecular complexity index is 604. The number of esters is 1. The van der Waals surface area contributed by atoms with Gasteiger partial charge in [0.1, 0.15) is 10.8 Å². The molecule has 1 aromatic heterocycles. The number of benzene rings is 1. The first-order chi connectivity index (χ1) is 8.63. The first-order valence-corrected chi connectivity index (χ1v) is 5.96. The zero-order valence-electron chi connectivity index (χ0n) is 9.71. The Morgan fingerprint density at radius 3 is 2.89 bits per heavy atom. The number of carbonyl (C=O) groups excluding carboxylic acids is 1. The standard InChI is InChI=1S/C13H11NO3S/c1-3-11-7-14-12(18-11)8-4-9(13(16)17-2)6-10(15)5-8/h3-7,15H,1H2,2H3. The van der Waals surface area contributed by atoms with Gasteiger partial charge in [0.15, 0.2) is 0 Å². The van der Waals surface area contributed by atoms with Gasteiger partial charge in [-0.25, -0.2) is 9.78 Å². The fourth-order valence-corrected chi connectivity index (χ4v) is 2.24. The Kier molecular flexibility index (Phi) is 3.43. The van der Waals surface area contributed by atoms with Gasteiger partial charge in [0.25, 0.3) is 0 Å². The van der Waals surface area contributed by atoms with Gasteiger partial charge in [-0.1, -0.05) is 12.7 Å². The number of hydrogen-bond acceptors (Lipinski definition) is 5. The Balaban J connectivity index is 2.47. The molecule has 0 saturated heterocycles. The lowest BCUT2D eigenvalue weighted by Gasteiger charge is -2.03. The molecule has 4 nitrogen and oxygen atoms in total. The Morgan fingerprint density at radius 2 is 2.28 bits per heavy atom. The van der Waals surface area contributed by atoms with Crippen molar-refractivity contribution in [3.05, 3.63) is 41.4 Å². The molecule has 0 saturated carbocycles. The van der Waals surface area contributed by atoms with Crippen LogP contribution in [0.1, 0.15) is 15.2 Å². The molecule has 0 atom stereocenters. The van der Waals surface area contributed by atoms with E-state index < -0.39 is 5.97 Å². The smallest absolute Gasteiger partial charge is 0.338 e. The van der Waals surface area contributed by atoms with Gasteiger partial charge in [-0.3, -0.25) is 0 Å². The number of hydrogen-bond donors (Lipinski definition) is 1. The van der Waals surface area contributed by atoms with E-state index in [0.717, 1.165) is 4.88 Å². The molecule has 18 heavy (non-hydrogen) atoms.